The van der Waals surface area contributed by atoms with Gasteiger partial charge in [0.1, 0.15) is 34.2 Å². The van der Waals surface area contributed by atoms with Crippen molar-refractivity contribution in [1.29, 1.82) is 10.5 Å². The van der Waals surface area contributed by atoms with Crippen LogP contribution in [0.15, 0.2) is 40.8 Å². The van der Waals surface area contributed by atoms with Crippen LogP contribution >= 0.6 is 11.3 Å². The van der Waals surface area contributed by atoms with E-state index in [1.807, 2.05) is 24.3 Å². The Bertz CT molecular complexity index is 1410. The highest BCUT2D eigenvalue weighted by Crippen LogP contribution is 2.17. The van der Waals surface area contributed by atoms with Crippen LogP contribution in [0.2, 0.25) is 0 Å². The van der Waals surface area contributed by atoms with E-state index in [1.54, 1.807) is 19.1 Å². The van der Waals surface area contributed by atoms with Crippen LogP contribution in [0.3, 0.4) is 0 Å². The molecule has 2 aromatic rings. The van der Waals surface area contributed by atoms with Crippen LogP contribution in [0.25, 0.3) is 11.5 Å². The van der Waals surface area contributed by atoms with E-state index in [-0.39, 0.29) is 17.7 Å². The number of aromatic nitrogens is 1. The van der Waals surface area contributed by atoms with E-state index in [1.165, 1.54) is 10.8 Å². The lowest BCUT2D eigenvalue weighted by Gasteiger charge is -2.26. The first-order valence-corrected chi connectivity index (χ1v) is 12.2. The molecule has 10 nitrogen and oxygen atoms in total. The maximum absolute atomic E-state index is 12.7. The van der Waals surface area contributed by atoms with E-state index >= 15 is 0 Å². The summed E-state index contributed by atoms with van der Waals surface area (Å²) in [4.78, 5) is 27.0. The van der Waals surface area contributed by atoms with Gasteiger partial charge in [0.25, 0.3) is 11.5 Å². The average molecular weight is 507 g/mol. The van der Waals surface area contributed by atoms with E-state index < -0.39 is 5.91 Å². The highest BCUT2D eigenvalue weighted by molar-refractivity contribution is 7.07. The molecule has 1 aromatic carbocycles. The van der Waals surface area contributed by atoms with Gasteiger partial charge in [0.15, 0.2) is 5.57 Å². The number of rotatable bonds is 9. The molecule has 0 atom stereocenters. The summed E-state index contributed by atoms with van der Waals surface area (Å²) in [6.07, 6.45) is 1.53. The third-order valence-electron chi connectivity index (χ3n) is 5.15. The number of nitrogens with zero attached hydrogens (tertiary/aromatic N) is 4. The zero-order chi connectivity index (χ0) is 25.8. The number of amides is 1. The first-order chi connectivity index (χ1) is 17.5. The minimum atomic E-state index is -0.725. The maximum Gasteiger partial charge on any atom is 0.277 e. The van der Waals surface area contributed by atoms with Gasteiger partial charge < -0.3 is 20.1 Å². The molecule has 186 valence electrons. The van der Waals surface area contributed by atoms with E-state index in [0.717, 1.165) is 55.6 Å². The Kier molecular flexibility index (Phi) is 10.1. The molecule has 1 saturated heterocycles. The number of carbonyl (C=O) groups excluding carboxylic acids is 1. The Morgan fingerprint density at radius 1 is 1.31 bits per heavy atom. The lowest BCUT2D eigenvalue weighted by molar-refractivity contribution is -0.116. The van der Waals surface area contributed by atoms with Crippen molar-refractivity contribution in [2.75, 3.05) is 51.3 Å². The fraction of sp³-hybridized carbons (Fsp3) is 0.360. The normalized spacial score (nSPS) is 12.9. The number of hydrogen-bond acceptors (Lipinski definition) is 9. The van der Waals surface area contributed by atoms with Crippen LogP contribution < -0.4 is 30.1 Å². The van der Waals surface area contributed by atoms with Crippen molar-refractivity contribution in [2.24, 2.45) is 0 Å². The number of nitrogens with one attached hydrogen (secondary N) is 2. The molecule has 0 spiro atoms. The molecule has 0 saturated carbocycles. The van der Waals surface area contributed by atoms with Gasteiger partial charge in [0.2, 0.25) is 0 Å². The van der Waals surface area contributed by atoms with E-state index in [0.29, 0.717) is 22.3 Å². The minimum absolute atomic E-state index is 0.232. The lowest BCUT2D eigenvalue weighted by atomic mass is 10.3. The first kappa shape index (κ1) is 26.5. The molecule has 0 unspecified atom stereocenters. The van der Waals surface area contributed by atoms with Crippen LogP contribution in [-0.4, -0.2) is 61.4 Å². The van der Waals surface area contributed by atoms with E-state index in [9.17, 15) is 14.9 Å². The molecule has 1 aromatic heterocycles. The molecule has 0 bridgehead atoms. The van der Waals surface area contributed by atoms with Gasteiger partial charge in [-0.3, -0.25) is 19.1 Å². The van der Waals surface area contributed by atoms with Gasteiger partial charge >= 0.3 is 0 Å². The van der Waals surface area contributed by atoms with Gasteiger partial charge in [0.05, 0.1) is 19.3 Å². The van der Waals surface area contributed by atoms with Crippen molar-refractivity contribution in [3.8, 4) is 17.9 Å². The number of benzene rings is 1. The summed E-state index contributed by atoms with van der Waals surface area (Å²) in [5.74, 6) is 0.00388. The van der Waals surface area contributed by atoms with Gasteiger partial charge in [-0.2, -0.15) is 10.5 Å². The van der Waals surface area contributed by atoms with Crippen molar-refractivity contribution < 1.29 is 14.3 Å². The third kappa shape index (κ3) is 7.46. The van der Waals surface area contributed by atoms with Crippen LogP contribution in [0.4, 0.5) is 5.69 Å². The van der Waals surface area contributed by atoms with Crippen molar-refractivity contribution in [2.45, 2.75) is 13.5 Å². The Hall–Kier alpha value is -4.08. The Morgan fingerprint density at radius 3 is 2.83 bits per heavy atom. The molecule has 11 heteroatoms. The van der Waals surface area contributed by atoms with Crippen molar-refractivity contribution >= 4 is 34.4 Å². The number of carbonyl (C=O) groups is 1. The average Bonchev–Trinajstić information content (AvgIpc) is 3.20. The second kappa shape index (κ2) is 13.7. The fourth-order valence-electron chi connectivity index (χ4n) is 3.31. The Morgan fingerprint density at radius 2 is 2.11 bits per heavy atom. The van der Waals surface area contributed by atoms with Crippen molar-refractivity contribution in [1.82, 2.24) is 14.8 Å². The summed E-state index contributed by atoms with van der Waals surface area (Å²) < 4.78 is 13.2. The molecule has 0 radical (unpaired) electrons. The van der Waals surface area contributed by atoms with Gasteiger partial charge in [-0.25, -0.2) is 0 Å². The Balaban J connectivity index is 1.77. The largest absolute Gasteiger partial charge is 0.492 e. The third-order valence-corrected chi connectivity index (χ3v) is 6.17. The number of anilines is 1. The van der Waals surface area contributed by atoms with Gasteiger partial charge in [-0.05, 0) is 19.1 Å². The SMILES string of the molecule is CCn1c(=C=C(C#N)C(=O)NCC#N)sc(=C=CNc2cccc(OCCN3CCOCC3)c2)c1=O. The molecule has 0 aliphatic carbocycles. The fourth-order valence-corrected chi connectivity index (χ4v) is 4.29. The topological polar surface area (TPSA) is 132 Å². The summed E-state index contributed by atoms with van der Waals surface area (Å²) in [7, 11) is 0. The summed E-state index contributed by atoms with van der Waals surface area (Å²) in [6.45, 7) is 6.61. The zero-order valence-electron chi connectivity index (χ0n) is 19.9. The molecule has 36 heavy (non-hydrogen) atoms. The van der Waals surface area contributed by atoms with Crippen LogP contribution in [0, 0.1) is 22.7 Å². The number of thiazole rings is 1. The van der Waals surface area contributed by atoms with E-state index in [2.05, 4.69) is 27.0 Å². The van der Waals surface area contributed by atoms with Crippen LogP contribution in [0.5, 0.6) is 5.75 Å². The van der Waals surface area contributed by atoms with Crippen LogP contribution in [0.1, 0.15) is 6.92 Å². The predicted octanol–water partition coefficient (Wildman–Crippen LogP) is 0.115. The van der Waals surface area contributed by atoms with Crippen LogP contribution in [-0.2, 0) is 16.1 Å². The molecule has 1 amide bonds. The summed E-state index contributed by atoms with van der Waals surface area (Å²) in [5.41, 5.74) is 5.77. The maximum atomic E-state index is 12.7. The van der Waals surface area contributed by atoms with Gasteiger partial charge in [0, 0.05) is 44.1 Å². The molecular formula is C25H26N6O4S. The number of morpholine rings is 1. The predicted molar refractivity (Wildman–Crippen MR) is 135 cm³/mol. The smallest absolute Gasteiger partial charge is 0.277 e. The minimum Gasteiger partial charge on any atom is -0.492 e. The standard InChI is InChI=1S/C25H26N6O4S/c1-2-31-23(16-19(18-27)24(32)29-9-7-26)36-22(25(31)33)6-8-28-20-4-3-5-21(17-20)35-15-12-30-10-13-34-14-11-30/h3-5,8,17,28H,2,9-15H2,1H3,(H,29,32). The lowest BCUT2D eigenvalue weighted by Crippen LogP contribution is -2.38. The number of ether oxygens (including phenoxy) is 2. The molecule has 2 N–H and O–H groups in total. The summed E-state index contributed by atoms with van der Waals surface area (Å²) in [6, 6.07) is 11.0. The summed E-state index contributed by atoms with van der Waals surface area (Å²) >= 11 is 1.06. The van der Waals surface area contributed by atoms with Gasteiger partial charge in [-0.15, -0.1) is 0 Å². The second-order valence-corrected chi connectivity index (χ2v) is 8.50. The molecule has 2 heterocycles. The highest BCUT2D eigenvalue weighted by atomic mass is 32.1. The molecule has 3 rings (SSSR count). The monoisotopic (exact) mass is 506 g/mol. The van der Waals surface area contributed by atoms with E-state index in [4.69, 9.17) is 14.7 Å². The quantitative estimate of drug-likeness (QED) is 0.278. The highest BCUT2D eigenvalue weighted by Gasteiger charge is 2.10. The molecular weight excluding hydrogens is 480 g/mol. The molecule has 1 fully saturated rings. The first-order valence-electron chi connectivity index (χ1n) is 11.4. The molecule has 1 aliphatic rings. The van der Waals surface area contributed by atoms with Crippen molar-refractivity contribution in [3.05, 3.63) is 55.6 Å². The van der Waals surface area contributed by atoms with Crippen molar-refractivity contribution in [3.63, 3.8) is 0 Å². The molecule has 1 aliphatic heterocycles. The Labute approximate surface area is 212 Å². The summed E-state index contributed by atoms with van der Waals surface area (Å²) in [5, 5.41) is 23.3. The number of hydrogen-bond donors (Lipinski definition) is 2. The van der Waals surface area contributed by atoms with Gasteiger partial charge in [-0.1, -0.05) is 28.9 Å². The zero-order valence-corrected chi connectivity index (χ0v) is 20.7. The number of nitriles is 2. The second-order valence-electron chi connectivity index (χ2n) is 7.50.